The third-order valence-corrected chi connectivity index (χ3v) is 5.41. The minimum atomic E-state index is -1.26. The van der Waals surface area contributed by atoms with Gasteiger partial charge in [0.05, 0.1) is 13.2 Å². The van der Waals surface area contributed by atoms with Gasteiger partial charge < -0.3 is 19.8 Å². The van der Waals surface area contributed by atoms with Gasteiger partial charge in [-0.3, -0.25) is 14.6 Å². The van der Waals surface area contributed by atoms with E-state index in [1.165, 1.54) is 5.56 Å². The minimum Gasteiger partial charge on any atom is -0.478 e. The van der Waals surface area contributed by atoms with Crippen LogP contribution in [0.5, 0.6) is 0 Å². The Morgan fingerprint density at radius 3 is 1.91 bits per heavy atom. The Morgan fingerprint density at radius 1 is 0.906 bits per heavy atom. The third kappa shape index (κ3) is 8.78. The van der Waals surface area contributed by atoms with Gasteiger partial charge in [0.2, 0.25) is 0 Å². The summed E-state index contributed by atoms with van der Waals surface area (Å²) in [5.41, 5.74) is 2.07. The van der Waals surface area contributed by atoms with Crippen molar-refractivity contribution in [2.24, 2.45) is 0 Å². The van der Waals surface area contributed by atoms with E-state index in [1.54, 1.807) is 0 Å². The summed E-state index contributed by atoms with van der Waals surface area (Å²) in [6.45, 7) is 12.6. The number of ether oxygens (including phenoxy) is 1. The molecule has 0 aliphatic carbocycles. The first-order chi connectivity index (χ1) is 15.3. The average Bonchev–Trinajstić information content (AvgIpc) is 2.79. The molecule has 2 aliphatic heterocycles. The molecule has 0 unspecified atom stereocenters. The Kier molecular flexibility index (Phi) is 10.3. The predicted molar refractivity (Wildman–Crippen MR) is 120 cm³/mol. The van der Waals surface area contributed by atoms with Crippen molar-refractivity contribution in [2.75, 3.05) is 52.5 Å². The molecular formula is C23H33N3O6. The van der Waals surface area contributed by atoms with Crippen molar-refractivity contribution < 1.29 is 29.3 Å². The number of benzene rings is 1. The number of carboxylic acids is 2. The van der Waals surface area contributed by atoms with Crippen molar-refractivity contribution in [3.63, 3.8) is 0 Å². The lowest BCUT2D eigenvalue weighted by atomic mass is 10.1. The number of carbonyl (C=O) groups is 3. The summed E-state index contributed by atoms with van der Waals surface area (Å²) in [6.07, 6.45) is 1.12. The topological polar surface area (TPSA) is 111 Å². The van der Waals surface area contributed by atoms with Crippen molar-refractivity contribution in [2.45, 2.75) is 26.4 Å². The molecular weight excluding hydrogens is 414 g/mol. The van der Waals surface area contributed by atoms with Gasteiger partial charge in [0.15, 0.2) is 0 Å². The molecule has 9 nitrogen and oxygen atoms in total. The van der Waals surface area contributed by atoms with Crippen molar-refractivity contribution in [1.82, 2.24) is 14.7 Å². The van der Waals surface area contributed by atoms with E-state index in [2.05, 4.69) is 35.8 Å². The number of piperazine rings is 1. The Labute approximate surface area is 188 Å². The van der Waals surface area contributed by atoms with Crippen molar-refractivity contribution in [3.05, 3.63) is 47.5 Å². The smallest absolute Gasteiger partial charge is 0.328 e. The van der Waals surface area contributed by atoms with Crippen LogP contribution in [0.15, 0.2) is 36.4 Å². The van der Waals surface area contributed by atoms with Crippen LogP contribution in [0.2, 0.25) is 0 Å². The molecule has 9 heteroatoms. The fourth-order valence-electron chi connectivity index (χ4n) is 3.54. The lowest BCUT2D eigenvalue weighted by Gasteiger charge is -2.37. The van der Waals surface area contributed by atoms with E-state index >= 15 is 0 Å². The van der Waals surface area contributed by atoms with Crippen LogP contribution in [0.3, 0.4) is 0 Å². The Bertz CT molecular complexity index is 763. The Morgan fingerprint density at radius 2 is 1.44 bits per heavy atom. The molecule has 0 bridgehead atoms. The van der Waals surface area contributed by atoms with Gasteiger partial charge in [-0.1, -0.05) is 12.1 Å². The van der Waals surface area contributed by atoms with Gasteiger partial charge in [-0.15, -0.1) is 0 Å². The van der Waals surface area contributed by atoms with Crippen molar-refractivity contribution in [1.29, 1.82) is 0 Å². The zero-order valence-electron chi connectivity index (χ0n) is 18.8. The number of hydrogen-bond acceptors (Lipinski definition) is 6. The second-order valence-electron chi connectivity index (χ2n) is 8.02. The maximum atomic E-state index is 12.7. The van der Waals surface area contributed by atoms with Crippen LogP contribution in [0.25, 0.3) is 0 Å². The minimum absolute atomic E-state index is 0.163. The molecule has 2 saturated heterocycles. The lowest BCUT2D eigenvalue weighted by Crippen LogP contribution is -2.50. The van der Waals surface area contributed by atoms with Crippen LogP contribution in [-0.2, 0) is 20.9 Å². The zero-order valence-corrected chi connectivity index (χ0v) is 18.8. The molecule has 0 saturated carbocycles. The molecule has 32 heavy (non-hydrogen) atoms. The molecule has 176 valence electrons. The number of morpholine rings is 1. The van der Waals surface area contributed by atoms with E-state index in [-0.39, 0.29) is 5.91 Å². The van der Waals surface area contributed by atoms with Crippen molar-refractivity contribution >= 4 is 17.8 Å². The third-order valence-electron chi connectivity index (χ3n) is 5.41. The Hall–Kier alpha value is -2.75. The van der Waals surface area contributed by atoms with Crippen LogP contribution in [0, 0.1) is 0 Å². The number of hydrogen-bond donors (Lipinski definition) is 2. The molecule has 2 fully saturated rings. The number of nitrogens with zero attached hydrogens (tertiary/aromatic N) is 3. The van der Waals surface area contributed by atoms with Gasteiger partial charge in [-0.25, -0.2) is 9.59 Å². The molecule has 0 radical (unpaired) electrons. The number of rotatable bonds is 6. The summed E-state index contributed by atoms with van der Waals surface area (Å²) in [4.78, 5) is 38.6. The predicted octanol–water partition coefficient (Wildman–Crippen LogP) is 1.40. The number of carbonyl (C=O) groups excluding carboxylic acids is 1. The largest absolute Gasteiger partial charge is 0.478 e. The molecule has 1 aromatic rings. The second kappa shape index (κ2) is 12.9. The van der Waals surface area contributed by atoms with Crippen LogP contribution in [0.4, 0.5) is 0 Å². The quantitative estimate of drug-likeness (QED) is 0.630. The van der Waals surface area contributed by atoms with E-state index in [0.717, 1.165) is 64.6 Å². The van der Waals surface area contributed by atoms with Gasteiger partial charge in [0.25, 0.3) is 5.91 Å². The van der Waals surface area contributed by atoms with Crippen LogP contribution in [0.1, 0.15) is 29.8 Å². The maximum Gasteiger partial charge on any atom is 0.328 e. The highest BCUT2D eigenvalue weighted by molar-refractivity contribution is 5.94. The zero-order chi connectivity index (χ0) is 23.5. The highest BCUT2D eigenvalue weighted by Gasteiger charge is 2.23. The van der Waals surface area contributed by atoms with Crippen LogP contribution >= 0.6 is 0 Å². The van der Waals surface area contributed by atoms with E-state index in [4.69, 9.17) is 14.9 Å². The summed E-state index contributed by atoms with van der Waals surface area (Å²) in [5, 5.41) is 15.6. The van der Waals surface area contributed by atoms with Gasteiger partial charge in [0.1, 0.15) is 0 Å². The summed E-state index contributed by atoms with van der Waals surface area (Å²) >= 11 is 0. The van der Waals surface area contributed by atoms with E-state index in [0.29, 0.717) is 18.2 Å². The maximum absolute atomic E-state index is 12.7. The fraction of sp³-hybridized carbons (Fsp3) is 0.522. The monoisotopic (exact) mass is 447 g/mol. The highest BCUT2D eigenvalue weighted by Crippen LogP contribution is 2.13. The van der Waals surface area contributed by atoms with Crippen LogP contribution in [-0.4, -0.2) is 101 Å². The van der Waals surface area contributed by atoms with Gasteiger partial charge in [-0.2, -0.15) is 0 Å². The Balaban J connectivity index is 0.000000390. The van der Waals surface area contributed by atoms with E-state index < -0.39 is 11.9 Å². The molecule has 3 rings (SSSR count). The molecule has 0 atom stereocenters. The standard InChI is InChI=1S/C19H29N3O2.C4H4O4/c1-16(2)21-7-9-22(10-8-21)19(23)18-5-3-17(4-6-18)15-20-11-13-24-14-12-20;5-3(6)1-2-4(7)8/h3-6,16H,7-15H2,1-2H3;1-2H,(H,5,6)(H,7,8)/b;2-1-. The fourth-order valence-corrected chi connectivity index (χ4v) is 3.54. The summed E-state index contributed by atoms with van der Waals surface area (Å²) < 4.78 is 5.38. The number of aliphatic carboxylic acids is 2. The molecule has 0 spiro atoms. The first-order valence-corrected chi connectivity index (χ1v) is 10.8. The first kappa shape index (κ1) is 25.5. The molecule has 1 amide bonds. The van der Waals surface area contributed by atoms with Crippen LogP contribution < -0.4 is 0 Å². The second-order valence-corrected chi connectivity index (χ2v) is 8.02. The summed E-state index contributed by atoms with van der Waals surface area (Å²) in [6, 6.07) is 8.70. The first-order valence-electron chi connectivity index (χ1n) is 10.8. The molecule has 2 aliphatic rings. The molecule has 2 heterocycles. The summed E-state index contributed by atoms with van der Waals surface area (Å²) in [7, 11) is 0. The van der Waals surface area contributed by atoms with E-state index in [1.807, 2.05) is 17.0 Å². The normalized spacial score (nSPS) is 17.8. The number of carboxylic acid groups (broad SMARTS) is 2. The van der Waals surface area contributed by atoms with Gasteiger partial charge >= 0.3 is 11.9 Å². The summed E-state index contributed by atoms with van der Waals surface area (Å²) in [5.74, 6) is -2.35. The highest BCUT2D eigenvalue weighted by atomic mass is 16.5. The molecule has 2 N–H and O–H groups in total. The molecule has 0 aromatic heterocycles. The SMILES string of the molecule is CC(C)N1CCN(C(=O)c2ccc(CN3CCOCC3)cc2)CC1.O=C(O)/C=C\C(=O)O. The van der Waals surface area contributed by atoms with Gasteiger partial charge in [0, 0.05) is 69.6 Å². The van der Waals surface area contributed by atoms with Crippen molar-refractivity contribution in [3.8, 4) is 0 Å². The van der Waals surface area contributed by atoms with Gasteiger partial charge in [-0.05, 0) is 31.5 Å². The average molecular weight is 448 g/mol. The lowest BCUT2D eigenvalue weighted by molar-refractivity contribution is -0.134. The van der Waals surface area contributed by atoms with E-state index in [9.17, 15) is 14.4 Å². The molecule has 1 aromatic carbocycles. The number of amides is 1.